The third-order valence-corrected chi connectivity index (χ3v) is 6.59. The quantitative estimate of drug-likeness (QED) is 0.861. The van der Waals surface area contributed by atoms with Crippen LogP contribution in [0.3, 0.4) is 0 Å². The van der Waals surface area contributed by atoms with Crippen LogP contribution in [-0.2, 0) is 10.0 Å². The molecule has 0 aromatic heterocycles. The molecule has 1 aliphatic carbocycles. The number of amides is 1. The molecule has 6 nitrogen and oxygen atoms in total. The maximum atomic E-state index is 13.1. The second-order valence-corrected chi connectivity index (χ2v) is 8.91. The molecule has 1 amide bonds. The summed E-state index contributed by atoms with van der Waals surface area (Å²) in [6.07, 6.45) is 2.66. The van der Waals surface area contributed by atoms with Crippen molar-refractivity contribution in [3.05, 3.63) is 29.3 Å². The standard InChI is InChI=1S/C18H27N3O3S/c1-4-15-12-20(3)9-10-21(15)18(22)17-11-16(8-5-13(17)2)25(23,24)19-14-6-7-14/h5,8,11,14-15,19H,4,6-7,9-10,12H2,1-3H3. The zero-order valence-electron chi connectivity index (χ0n) is 15.2. The normalized spacial score (nSPS) is 22.2. The first kappa shape index (κ1) is 18.4. The molecule has 7 heteroatoms. The smallest absolute Gasteiger partial charge is 0.254 e. The summed E-state index contributed by atoms with van der Waals surface area (Å²) < 4.78 is 27.6. The molecule has 0 spiro atoms. The van der Waals surface area contributed by atoms with Gasteiger partial charge in [-0.1, -0.05) is 13.0 Å². The second-order valence-electron chi connectivity index (χ2n) is 7.20. The zero-order valence-corrected chi connectivity index (χ0v) is 16.0. The van der Waals surface area contributed by atoms with Gasteiger partial charge >= 0.3 is 0 Å². The first-order valence-corrected chi connectivity index (χ1v) is 10.4. The van der Waals surface area contributed by atoms with E-state index in [4.69, 9.17) is 0 Å². The molecule has 1 atom stereocenters. The lowest BCUT2D eigenvalue weighted by Gasteiger charge is -2.40. The lowest BCUT2D eigenvalue weighted by Crippen LogP contribution is -2.53. The second kappa shape index (κ2) is 7.05. The Morgan fingerprint density at radius 3 is 2.64 bits per heavy atom. The van der Waals surface area contributed by atoms with Crippen molar-refractivity contribution >= 4 is 15.9 Å². The van der Waals surface area contributed by atoms with Crippen LogP contribution in [0.4, 0.5) is 0 Å². The van der Waals surface area contributed by atoms with E-state index in [9.17, 15) is 13.2 Å². The number of carbonyl (C=O) groups excluding carboxylic acids is 1. The van der Waals surface area contributed by atoms with Gasteiger partial charge in [0.25, 0.3) is 5.91 Å². The highest BCUT2D eigenvalue weighted by atomic mass is 32.2. The van der Waals surface area contributed by atoms with Gasteiger partial charge in [-0.15, -0.1) is 0 Å². The van der Waals surface area contributed by atoms with Crippen molar-refractivity contribution < 1.29 is 13.2 Å². The Labute approximate surface area is 150 Å². The Balaban J connectivity index is 1.88. The van der Waals surface area contributed by atoms with E-state index >= 15 is 0 Å². The van der Waals surface area contributed by atoms with Crippen molar-refractivity contribution in [3.63, 3.8) is 0 Å². The lowest BCUT2D eigenvalue weighted by atomic mass is 10.0. The molecule has 2 aliphatic rings. The van der Waals surface area contributed by atoms with E-state index in [1.54, 1.807) is 12.1 Å². The number of sulfonamides is 1. The predicted octanol–water partition coefficient (Wildman–Crippen LogP) is 1.60. The van der Waals surface area contributed by atoms with Crippen LogP contribution in [0.1, 0.15) is 42.1 Å². The number of likely N-dealkylation sites (N-methyl/N-ethyl adjacent to an activating group) is 1. The summed E-state index contributed by atoms with van der Waals surface area (Å²) in [6, 6.07) is 5.06. The summed E-state index contributed by atoms with van der Waals surface area (Å²) in [5, 5.41) is 0. The Hall–Kier alpha value is -1.44. The molecular weight excluding hydrogens is 338 g/mol. The fourth-order valence-corrected chi connectivity index (χ4v) is 4.60. The molecule has 1 N–H and O–H groups in total. The average Bonchev–Trinajstić information content (AvgIpc) is 3.37. The Morgan fingerprint density at radius 2 is 2.00 bits per heavy atom. The van der Waals surface area contributed by atoms with Crippen LogP contribution in [0.25, 0.3) is 0 Å². The number of aryl methyl sites for hydroxylation is 1. The summed E-state index contributed by atoms with van der Waals surface area (Å²) in [5.41, 5.74) is 1.30. The van der Waals surface area contributed by atoms with E-state index in [1.165, 1.54) is 6.07 Å². The highest BCUT2D eigenvalue weighted by Crippen LogP contribution is 2.24. The third kappa shape index (κ3) is 4.04. The minimum absolute atomic E-state index is 0.0487. The van der Waals surface area contributed by atoms with E-state index < -0.39 is 10.0 Å². The molecule has 1 aliphatic heterocycles. The molecule has 1 saturated carbocycles. The maximum absolute atomic E-state index is 13.1. The first-order valence-electron chi connectivity index (χ1n) is 8.94. The highest BCUT2D eigenvalue weighted by Gasteiger charge is 2.31. The summed E-state index contributed by atoms with van der Waals surface area (Å²) in [6.45, 7) is 6.29. The van der Waals surface area contributed by atoms with Gasteiger partial charge in [0.05, 0.1) is 4.90 Å². The van der Waals surface area contributed by atoms with Crippen LogP contribution in [0.5, 0.6) is 0 Å². The molecule has 1 heterocycles. The van der Waals surface area contributed by atoms with Gasteiger partial charge in [-0.2, -0.15) is 0 Å². The van der Waals surface area contributed by atoms with Crippen molar-refractivity contribution in [1.82, 2.24) is 14.5 Å². The van der Waals surface area contributed by atoms with Gasteiger partial charge in [-0.05, 0) is 50.9 Å². The summed E-state index contributed by atoms with van der Waals surface area (Å²) in [5.74, 6) is -0.0686. The minimum atomic E-state index is -3.56. The predicted molar refractivity (Wildman–Crippen MR) is 97.1 cm³/mol. The van der Waals surface area contributed by atoms with Crippen LogP contribution >= 0.6 is 0 Å². The highest BCUT2D eigenvalue weighted by molar-refractivity contribution is 7.89. The fraction of sp³-hybridized carbons (Fsp3) is 0.611. The van der Waals surface area contributed by atoms with E-state index in [0.29, 0.717) is 12.1 Å². The molecule has 2 fully saturated rings. The Kier molecular flexibility index (Phi) is 5.18. The maximum Gasteiger partial charge on any atom is 0.254 e. The fourth-order valence-electron chi connectivity index (χ4n) is 3.27. The Morgan fingerprint density at radius 1 is 1.28 bits per heavy atom. The van der Waals surface area contributed by atoms with Crippen LogP contribution in [-0.4, -0.2) is 62.9 Å². The number of carbonyl (C=O) groups is 1. The van der Waals surface area contributed by atoms with Crippen LogP contribution in [0.2, 0.25) is 0 Å². The third-order valence-electron chi connectivity index (χ3n) is 5.07. The average molecular weight is 365 g/mol. The number of hydrogen-bond donors (Lipinski definition) is 1. The van der Waals surface area contributed by atoms with Crippen molar-refractivity contribution in [1.29, 1.82) is 0 Å². The minimum Gasteiger partial charge on any atom is -0.333 e. The lowest BCUT2D eigenvalue weighted by molar-refractivity contribution is 0.0492. The van der Waals surface area contributed by atoms with Crippen LogP contribution in [0.15, 0.2) is 23.1 Å². The molecule has 1 saturated heterocycles. The monoisotopic (exact) mass is 365 g/mol. The molecule has 25 heavy (non-hydrogen) atoms. The number of piperazine rings is 1. The largest absolute Gasteiger partial charge is 0.333 e. The van der Waals surface area contributed by atoms with Crippen molar-refractivity contribution in [2.24, 2.45) is 0 Å². The first-order chi connectivity index (χ1) is 11.8. The molecule has 1 unspecified atom stereocenters. The van der Waals surface area contributed by atoms with Crippen LogP contribution in [0, 0.1) is 6.92 Å². The summed E-state index contributed by atoms with van der Waals surface area (Å²) in [7, 11) is -1.50. The van der Waals surface area contributed by atoms with Gasteiger partial charge in [0.15, 0.2) is 0 Å². The number of nitrogens with one attached hydrogen (secondary N) is 1. The van der Waals surface area contributed by atoms with Gasteiger partial charge in [0.2, 0.25) is 10.0 Å². The van der Waals surface area contributed by atoms with Crippen molar-refractivity contribution in [3.8, 4) is 0 Å². The number of rotatable bonds is 5. The molecule has 138 valence electrons. The van der Waals surface area contributed by atoms with E-state index in [2.05, 4.69) is 23.6 Å². The molecule has 0 radical (unpaired) electrons. The molecule has 1 aromatic rings. The molecule has 1 aromatic carbocycles. The molecule has 3 rings (SSSR count). The number of benzene rings is 1. The van der Waals surface area contributed by atoms with E-state index in [0.717, 1.165) is 37.9 Å². The number of nitrogens with zero attached hydrogens (tertiary/aromatic N) is 2. The van der Waals surface area contributed by atoms with Crippen molar-refractivity contribution in [2.75, 3.05) is 26.7 Å². The van der Waals surface area contributed by atoms with E-state index in [1.807, 2.05) is 11.8 Å². The van der Waals surface area contributed by atoms with Gasteiger partial charge in [-0.3, -0.25) is 4.79 Å². The van der Waals surface area contributed by atoms with Gasteiger partial charge in [0, 0.05) is 37.3 Å². The van der Waals surface area contributed by atoms with E-state index in [-0.39, 0.29) is 22.9 Å². The summed E-state index contributed by atoms with van der Waals surface area (Å²) in [4.78, 5) is 17.4. The van der Waals surface area contributed by atoms with Gasteiger partial charge < -0.3 is 9.80 Å². The molecular formula is C18H27N3O3S. The zero-order chi connectivity index (χ0) is 18.2. The van der Waals surface area contributed by atoms with Crippen molar-refractivity contribution in [2.45, 2.75) is 50.1 Å². The summed E-state index contributed by atoms with van der Waals surface area (Å²) >= 11 is 0. The van der Waals surface area contributed by atoms with Crippen LogP contribution < -0.4 is 4.72 Å². The SMILES string of the molecule is CCC1CN(C)CCN1C(=O)c1cc(S(=O)(=O)NC2CC2)ccc1C. The number of hydrogen-bond acceptors (Lipinski definition) is 4. The Bertz CT molecular complexity index is 759. The molecule has 0 bridgehead atoms. The van der Waals surface area contributed by atoms with Gasteiger partial charge in [-0.25, -0.2) is 13.1 Å². The van der Waals surface area contributed by atoms with Gasteiger partial charge in [0.1, 0.15) is 0 Å². The topological polar surface area (TPSA) is 69.7 Å².